The Morgan fingerprint density at radius 1 is 0.970 bits per heavy atom. The van der Waals surface area contributed by atoms with Gasteiger partial charge in [0.25, 0.3) is 11.1 Å². The molecule has 0 radical (unpaired) electrons. The molecule has 2 aromatic carbocycles. The van der Waals surface area contributed by atoms with Crippen LogP contribution >= 0.6 is 11.8 Å². The molecule has 0 atom stereocenters. The summed E-state index contributed by atoms with van der Waals surface area (Å²) in [5.74, 6) is 0.477. The molecule has 1 aliphatic carbocycles. The number of imide groups is 1. The molecule has 1 saturated heterocycles. The first-order valence-electron chi connectivity index (χ1n) is 11.6. The minimum absolute atomic E-state index is 0.0371. The van der Waals surface area contributed by atoms with Crippen molar-refractivity contribution < 1.29 is 14.3 Å². The molecule has 1 N–H and O–H groups in total. The average molecular weight is 464 g/mol. The Hall–Kier alpha value is -2.53. The van der Waals surface area contributed by atoms with Gasteiger partial charge < -0.3 is 4.74 Å². The van der Waals surface area contributed by atoms with Crippen molar-refractivity contribution >= 4 is 29.0 Å². The number of hydrogen-bond acceptors (Lipinski definition) is 4. The summed E-state index contributed by atoms with van der Waals surface area (Å²) in [6.45, 7) is 15.6. The largest absolute Gasteiger partial charge is 0.490 e. The molecule has 1 aliphatic heterocycles. The number of nitrogens with one attached hydrogen (secondary N) is 1. The van der Waals surface area contributed by atoms with Crippen LogP contribution in [0, 0.1) is 6.92 Å². The van der Waals surface area contributed by atoms with Crippen molar-refractivity contribution in [2.45, 2.75) is 78.2 Å². The van der Waals surface area contributed by atoms with E-state index in [-0.39, 0.29) is 28.1 Å². The second-order valence-corrected chi connectivity index (χ2v) is 11.8. The van der Waals surface area contributed by atoms with Crippen molar-refractivity contribution in [3.63, 3.8) is 0 Å². The fraction of sp³-hybridized carbons (Fsp3) is 0.429. The molecule has 2 amide bonds. The Balaban J connectivity index is 1.89. The number of fused-ring (bicyclic) bond motifs is 1. The van der Waals surface area contributed by atoms with Gasteiger partial charge in [0, 0.05) is 5.56 Å². The highest BCUT2D eigenvalue weighted by Crippen LogP contribution is 2.48. The first-order chi connectivity index (χ1) is 15.4. The van der Waals surface area contributed by atoms with Gasteiger partial charge in [-0.25, -0.2) is 0 Å². The minimum atomic E-state index is -0.344. The molecule has 4 nitrogen and oxygen atoms in total. The molecule has 0 aromatic heterocycles. The van der Waals surface area contributed by atoms with E-state index in [1.54, 1.807) is 6.08 Å². The normalized spacial score (nSPS) is 20.2. The van der Waals surface area contributed by atoms with Crippen LogP contribution in [-0.2, 0) is 15.6 Å². The van der Waals surface area contributed by atoms with Gasteiger partial charge in [0.15, 0.2) is 0 Å². The van der Waals surface area contributed by atoms with Crippen molar-refractivity contribution in [2.24, 2.45) is 0 Å². The summed E-state index contributed by atoms with van der Waals surface area (Å²) in [6, 6.07) is 10.7. The van der Waals surface area contributed by atoms with Gasteiger partial charge in [0.1, 0.15) is 5.75 Å². The van der Waals surface area contributed by atoms with E-state index >= 15 is 0 Å². The molecule has 2 aromatic rings. The maximum absolute atomic E-state index is 12.1. The highest BCUT2D eigenvalue weighted by atomic mass is 32.2. The van der Waals surface area contributed by atoms with Crippen molar-refractivity contribution in [2.75, 3.05) is 0 Å². The lowest BCUT2D eigenvalue weighted by Crippen LogP contribution is -2.34. The molecule has 0 unspecified atom stereocenters. The van der Waals surface area contributed by atoms with E-state index in [2.05, 4.69) is 58.1 Å². The molecular formula is C28H33NO3S. The van der Waals surface area contributed by atoms with Crippen molar-refractivity contribution in [3.8, 4) is 16.9 Å². The minimum Gasteiger partial charge on any atom is -0.490 e. The Bertz CT molecular complexity index is 1170. The standard InChI is InChI=1S/C28H33NO3S/c1-16(2)32-23-9-8-18(14-24-25(30)29-26(31)33-24)13-20(23)19-15-22-21(12-17(19)3)27(4,5)10-11-28(22,6)7/h8-9,12-16H,10-11H2,1-7H3,(H,29,30,31)/b24-14-. The number of benzene rings is 2. The Morgan fingerprint density at radius 2 is 1.61 bits per heavy atom. The van der Waals surface area contributed by atoms with Crippen LogP contribution < -0.4 is 10.1 Å². The summed E-state index contributed by atoms with van der Waals surface area (Å²) in [5, 5.41) is 1.99. The molecule has 4 rings (SSSR count). The summed E-state index contributed by atoms with van der Waals surface area (Å²) in [4.78, 5) is 24.1. The van der Waals surface area contributed by atoms with Gasteiger partial charge >= 0.3 is 0 Å². The molecule has 174 valence electrons. The van der Waals surface area contributed by atoms with Crippen LogP contribution in [0.1, 0.15) is 76.6 Å². The predicted octanol–water partition coefficient (Wildman–Crippen LogP) is 7.12. The third-order valence-electron chi connectivity index (χ3n) is 6.79. The number of ether oxygens (including phenoxy) is 1. The number of carbonyl (C=O) groups is 2. The van der Waals surface area contributed by atoms with Crippen LogP contribution in [0.15, 0.2) is 35.2 Å². The Kier molecular flexibility index (Phi) is 5.98. The third kappa shape index (κ3) is 4.61. The van der Waals surface area contributed by atoms with Crippen LogP contribution in [0.4, 0.5) is 4.79 Å². The molecule has 0 spiro atoms. The zero-order valence-corrected chi connectivity index (χ0v) is 21.4. The van der Waals surface area contributed by atoms with Crippen LogP contribution in [0.5, 0.6) is 5.75 Å². The summed E-state index contributed by atoms with van der Waals surface area (Å²) >= 11 is 0.937. The van der Waals surface area contributed by atoms with Crippen molar-refractivity contribution in [1.29, 1.82) is 0 Å². The molecule has 0 saturated carbocycles. The zero-order valence-electron chi connectivity index (χ0n) is 20.6. The number of rotatable bonds is 4. The molecule has 33 heavy (non-hydrogen) atoms. The summed E-state index contributed by atoms with van der Waals surface area (Å²) in [6.07, 6.45) is 4.13. The van der Waals surface area contributed by atoms with Gasteiger partial charge in [-0.05, 0) is 108 Å². The lowest BCUT2D eigenvalue weighted by molar-refractivity contribution is -0.115. The van der Waals surface area contributed by atoms with Gasteiger partial charge in [-0.3, -0.25) is 14.9 Å². The first kappa shape index (κ1) is 23.6. The quantitative estimate of drug-likeness (QED) is 0.490. The van der Waals surface area contributed by atoms with E-state index in [0.717, 1.165) is 40.6 Å². The van der Waals surface area contributed by atoms with E-state index in [0.29, 0.717) is 4.91 Å². The number of amides is 2. The molecule has 5 heteroatoms. The van der Waals surface area contributed by atoms with E-state index in [4.69, 9.17) is 4.74 Å². The molecule has 1 fully saturated rings. The van der Waals surface area contributed by atoms with Gasteiger partial charge in [0.05, 0.1) is 11.0 Å². The number of carbonyl (C=O) groups excluding carboxylic acids is 2. The highest BCUT2D eigenvalue weighted by molar-refractivity contribution is 8.18. The molecule has 2 aliphatic rings. The smallest absolute Gasteiger partial charge is 0.290 e. The fourth-order valence-corrected chi connectivity index (χ4v) is 5.47. The van der Waals surface area contributed by atoms with E-state index in [9.17, 15) is 9.59 Å². The molecule has 1 heterocycles. The van der Waals surface area contributed by atoms with Gasteiger partial charge in [-0.15, -0.1) is 0 Å². The second kappa shape index (κ2) is 8.35. The monoisotopic (exact) mass is 463 g/mol. The highest BCUT2D eigenvalue weighted by Gasteiger charge is 2.37. The second-order valence-electron chi connectivity index (χ2n) is 10.8. The summed E-state index contributed by atoms with van der Waals surface area (Å²) in [7, 11) is 0. The van der Waals surface area contributed by atoms with E-state index in [1.165, 1.54) is 23.1 Å². The maximum Gasteiger partial charge on any atom is 0.290 e. The summed E-state index contributed by atoms with van der Waals surface area (Å²) in [5.41, 5.74) is 7.31. The van der Waals surface area contributed by atoms with Gasteiger partial charge in [0.2, 0.25) is 0 Å². The van der Waals surface area contributed by atoms with Crippen LogP contribution in [-0.4, -0.2) is 17.3 Å². The molecule has 0 bridgehead atoms. The van der Waals surface area contributed by atoms with Crippen LogP contribution in [0.25, 0.3) is 17.2 Å². The Morgan fingerprint density at radius 3 is 2.18 bits per heavy atom. The third-order valence-corrected chi connectivity index (χ3v) is 7.60. The Labute approximate surface area is 201 Å². The number of thioether (sulfide) groups is 1. The van der Waals surface area contributed by atoms with E-state index < -0.39 is 0 Å². The lowest BCUT2D eigenvalue weighted by Gasteiger charge is -2.42. The number of hydrogen-bond donors (Lipinski definition) is 1. The SMILES string of the molecule is Cc1cc2c(cc1-c1cc(/C=C3\SC(=O)NC3=O)ccc1OC(C)C)C(C)(C)CCC2(C)C. The van der Waals surface area contributed by atoms with Gasteiger partial charge in [-0.1, -0.05) is 39.8 Å². The zero-order chi connectivity index (χ0) is 24.1. The maximum atomic E-state index is 12.1. The fourth-order valence-electron chi connectivity index (χ4n) is 4.79. The average Bonchev–Trinajstić information content (AvgIpc) is 3.03. The van der Waals surface area contributed by atoms with E-state index in [1.807, 2.05) is 26.0 Å². The predicted molar refractivity (Wildman–Crippen MR) is 137 cm³/mol. The van der Waals surface area contributed by atoms with Crippen LogP contribution in [0.2, 0.25) is 0 Å². The van der Waals surface area contributed by atoms with Crippen molar-refractivity contribution in [1.82, 2.24) is 5.32 Å². The van der Waals surface area contributed by atoms with Crippen molar-refractivity contribution in [3.05, 3.63) is 57.5 Å². The first-order valence-corrected chi connectivity index (χ1v) is 12.4. The topological polar surface area (TPSA) is 55.4 Å². The van der Waals surface area contributed by atoms with Crippen LogP contribution in [0.3, 0.4) is 0 Å². The lowest BCUT2D eigenvalue weighted by atomic mass is 9.62. The van der Waals surface area contributed by atoms with Gasteiger partial charge in [-0.2, -0.15) is 0 Å². The number of aryl methyl sites for hydroxylation is 1. The summed E-state index contributed by atoms with van der Waals surface area (Å²) < 4.78 is 6.20. The molecular weight excluding hydrogens is 430 g/mol.